The number of rotatable bonds is 4. The van der Waals surface area contributed by atoms with Crippen LogP contribution in [-0.2, 0) is 6.54 Å². The molecule has 1 aromatic rings. The number of halogens is 2. The number of hydrogen-bond acceptors (Lipinski definition) is 3. The van der Waals surface area contributed by atoms with Crippen LogP contribution in [0.15, 0.2) is 10.5 Å². The lowest BCUT2D eigenvalue weighted by atomic mass is 10.4. The third-order valence-corrected chi connectivity index (χ3v) is 3.79. The highest BCUT2D eigenvalue weighted by atomic mass is 79.9. The van der Waals surface area contributed by atoms with Gasteiger partial charge in [0.2, 0.25) is 0 Å². The van der Waals surface area contributed by atoms with Gasteiger partial charge >= 0.3 is 0 Å². The topological polar surface area (TPSA) is 38.0 Å². The highest BCUT2D eigenvalue weighted by molar-refractivity contribution is 9.10. The molecule has 0 saturated carbocycles. The molecule has 5 heteroatoms. The predicted molar refractivity (Wildman–Crippen MR) is 57.8 cm³/mol. The summed E-state index contributed by atoms with van der Waals surface area (Å²) in [6.45, 7) is 2.35. The van der Waals surface area contributed by atoms with Crippen molar-refractivity contribution in [2.75, 3.05) is 13.1 Å². The van der Waals surface area contributed by atoms with E-state index in [0.29, 0.717) is 6.54 Å². The van der Waals surface area contributed by atoms with E-state index in [4.69, 9.17) is 17.3 Å². The molecule has 0 unspecified atom stereocenters. The molecule has 0 aliphatic carbocycles. The van der Waals surface area contributed by atoms with Crippen molar-refractivity contribution >= 4 is 38.9 Å². The molecule has 68 valence electrons. The normalized spacial score (nSPS) is 10.6. The van der Waals surface area contributed by atoms with Gasteiger partial charge in [-0.05, 0) is 22.0 Å². The summed E-state index contributed by atoms with van der Waals surface area (Å²) in [7, 11) is 0. The lowest BCUT2D eigenvalue weighted by Gasteiger charge is -1.97. The fraction of sp³-hybridized carbons (Fsp3) is 0.429. The van der Waals surface area contributed by atoms with Crippen LogP contribution in [0.5, 0.6) is 0 Å². The van der Waals surface area contributed by atoms with Crippen LogP contribution in [0.1, 0.15) is 4.88 Å². The molecule has 1 aromatic heterocycles. The van der Waals surface area contributed by atoms with Crippen LogP contribution in [0.3, 0.4) is 0 Å². The molecule has 0 spiro atoms. The van der Waals surface area contributed by atoms with Gasteiger partial charge in [0.15, 0.2) is 0 Å². The molecule has 12 heavy (non-hydrogen) atoms. The van der Waals surface area contributed by atoms with Gasteiger partial charge < -0.3 is 11.1 Å². The van der Waals surface area contributed by atoms with Crippen LogP contribution < -0.4 is 11.1 Å². The molecule has 0 aliphatic heterocycles. The molecule has 1 heterocycles. The first-order valence-electron chi connectivity index (χ1n) is 3.58. The molecule has 3 N–H and O–H groups in total. The number of nitrogens with one attached hydrogen (secondary N) is 1. The lowest BCUT2D eigenvalue weighted by Crippen LogP contribution is -2.21. The average molecular weight is 270 g/mol. The largest absolute Gasteiger partial charge is 0.329 e. The first-order valence-corrected chi connectivity index (χ1v) is 5.57. The minimum absolute atomic E-state index is 0.667. The van der Waals surface area contributed by atoms with Gasteiger partial charge in [-0.25, -0.2) is 0 Å². The number of hydrogen-bond donors (Lipinski definition) is 2. The quantitative estimate of drug-likeness (QED) is 0.823. The van der Waals surface area contributed by atoms with Crippen molar-refractivity contribution in [3.8, 4) is 0 Å². The zero-order valence-corrected chi connectivity index (χ0v) is 9.60. The van der Waals surface area contributed by atoms with Gasteiger partial charge in [-0.3, -0.25) is 0 Å². The van der Waals surface area contributed by atoms with E-state index in [1.54, 1.807) is 11.3 Å². The van der Waals surface area contributed by atoms with E-state index in [9.17, 15) is 0 Å². The van der Waals surface area contributed by atoms with E-state index in [1.165, 1.54) is 4.88 Å². The first kappa shape index (κ1) is 10.5. The van der Waals surface area contributed by atoms with Crippen molar-refractivity contribution in [2.24, 2.45) is 5.73 Å². The first-order chi connectivity index (χ1) is 5.74. The molecule has 2 nitrogen and oxygen atoms in total. The van der Waals surface area contributed by atoms with Gasteiger partial charge in [-0.2, -0.15) is 0 Å². The standard InChI is InChI=1S/C7H10BrClN2S/c8-6-3-5(12-7(6)9)4-11-2-1-10/h3,11H,1-2,4,10H2. The molecule has 0 saturated heterocycles. The van der Waals surface area contributed by atoms with Gasteiger partial charge in [-0.15, -0.1) is 11.3 Å². The molecule has 0 aliphatic rings. The summed E-state index contributed by atoms with van der Waals surface area (Å²) >= 11 is 10.8. The van der Waals surface area contributed by atoms with Crippen molar-refractivity contribution < 1.29 is 0 Å². The molecule has 0 amide bonds. The van der Waals surface area contributed by atoms with E-state index in [-0.39, 0.29) is 0 Å². The molecule has 1 rings (SSSR count). The Hall–Kier alpha value is 0.390. The number of thiophene rings is 1. The highest BCUT2D eigenvalue weighted by Gasteiger charge is 2.02. The maximum absolute atomic E-state index is 5.86. The predicted octanol–water partition coefficient (Wildman–Crippen LogP) is 2.21. The van der Waals surface area contributed by atoms with Gasteiger partial charge in [0, 0.05) is 29.0 Å². The zero-order valence-electron chi connectivity index (χ0n) is 6.44. The summed E-state index contributed by atoms with van der Waals surface area (Å²) in [5.41, 5.74) is 5.33. The van der Waals surface area contributed by atoms with Crippen molar-refractivity contribution in [3.63, 3.8) is 0 Å². The minimum Gasteiger partial charge on any atom is -0.329 e. The Morgan fingerprint density at radius 2 is 2.42 bits per heavy atom. The van der Waals surface area contributed by atoms with Gasteiger partial charge in [-0.1, -0.05) is 11.6 Å². The maximum atomic E-state index is 5.86. The molecule has 0 aromatic carbocycles. The molecule has 0 atom stereocenters. The second-order valence-corrected chi connectivity index (χ2v) is 4.89. The Balaban J connectivity index is 2.42. The molecule has 0 radical (unpaired) electrons. The summed E-state index contributed by atoms with van der Waals surface area (Å²) < 4.78 is 1.78. The van der Waals surface area contributed by atoms with Crippen LogP contribution in [0.2, 0.25) is 4.34 Å². The van der Waals surface area contributed by atoms with Crippen molar-refractivity contribution in [1.82, 2.24) is 5.32 Å². The SMILES string of the molecule is NCCNCc1cc(Br)c(Cl)s1. The van der Waals surface area contributed by atoms with E-state index in [2.05, 4.69) is 21.2 Å². The Morgan fingerprint density at radius 1 is 1.67 bits per heavy atom. The molecular weight excluding hydrogens is 260 g/mol. The van der Waals surface area contributed by atoms with Crippen LogP contribution in [0.25, 0.3) is 0 Å². The molecule has 0 bridgehead atoms. The lowest BCUT2D eigenvalue weighted by molar-refractivity contribution is 0.702. The van der Waals surface area contributed by atoms with Crippen LogP contribution in [-0.4, -0.2) is 13.1 Å². The third kappa shape index (κ3) is 3.03. The summed E-state index contributed by atoms with van der Waals surface area (Å²) in [5, 5.41) is 3.20. The Kier molecular flexibility index (Phi) is 4.53. The van der Waals surface area contributed by atoms with Gasteiger partial charge in [0.05, 0.1) is 0 Å². The maximum Gasteiger partial charge on any atom is 0.107 e. The monoisotopic (exact) mass is 268 g/mol. The van der Waals surface area contributed by atoms with Gasteiger partial charge in [0.25, 0.3) is 0 Å². The van der Waals surface area contributed by atoms with Gasteiger partial charge in [0.1, 0.15) is 4.34 Å². The fourth-order valence-electron chi connectivity index (χ4n) is 0.792. The molecular formula is C7H10BrClN2S. The van der Waals surface area contributed by atoms with Crippen LogP contribution in [0, 0.1) is 0 Å². The summed E-state index contributed by atoms with van der Waals surface area (Å²) in [6, 6.07) is 2.02. The second-order valence-electron chi connectivity index (χ2n) is 2.30. The van der Waals surface area contributed by atoms with Crippen LogP contribution in [0.4, 0.5) is 0 Å². The van der Waals surface area contributed by atoms with Crippen molar-refractivity contribution in [2.45, 2.75) is 6.54 Å². The Morgan fingerprint density at radius 3 is 2.92 bits per heavy atom. The van der Waals surface area contributed by atoms with E-state index in [1.807, 2.05) is 6.07 Å². The fourth-order valence-corrected chi connectivity index (χ4v) is 2.55. The van der Waals surface area contributed by atoms with E-state index in [0.717, 1.165) is 21.9 Å². The van der Waals surface area contributed by atoms with Crippen molar-refractivity contribution in [3.05, 3.63) is 19.8 Å². The minimum atomic E-state index is 0.667. The molecule has 0 fully saturated rings. The van der Waals surface area contributed by atoms with E-state index < -0.39 is 0 Å². The summed E-state index contributed by atoms with van der Waals surface area (Å²) in [6.07, 6.45) is 0. The third-order valence-electron chi connectivity index (χ3n) is 1.32. The number of nitrogens with two attached hydrogens (primary N) is 1. The summed E-state index contributed by atoms with van der Waals surface area (Å²) in [4.78, 5) is 1.22. The smallest absolute Gasteiger partial charge is 0.107 e. The van der Waals surface area contributed by atoms with E-state index >= 15 is 0 Å². The Labute approximate surface area is 89.2 Å². The van der Waals surface area contributed by atoms with Crippen LogP contribution >= 0.6 is 38.9 Å². The van der Waals surface area contributed by atoms with Crippen molar-refractivity contribution in [1.29, 1.82) is 0 Å². The highest BCUT2D eigenvalue weighted by Crippen LogP contribution is 2.31. The average Bonchev–Trinajstić information content (AvgIpc) is 2.32. The zero-order chi connectivity index (χ0) is 8.97. The Bertz CT molecular complexity index is 232. The summed E-state index contributed by atoms with van der Waals surface area (Å²) in [5.74, 6) is 0. The second kappa shape index (κ2) is 5.19.